The summed E-state index contributed by atoms with van der Waals surface area (Å²) in [7, 11) is -3.88. The van der Waals surface area contributed by atoms with Crippen LogP contribution in [0.15, 0.2) is 42.5 Å². The molecule has 1 heterocycles. The van der Waals surface area contributed by atoms with Crippen molar-refractivity contribution in [1.82, 2.24) is 10.2 Å². The molecule has 1 unspecified atom stereocenters. The number of halogens is 1. The van der Waals surface area contributed by atoms with Crippen LogP contribution in [0.2, 0.25) is 0 Å². The minimum Gasteiger partial charge on any atom is -0.486 e. The van der Waals surface area contributed by atoms with E-state index in [4.69, 9.17) is 9.47 Å². The number of benzene rings is 2. The van der Waals surface area contributed by atoms with Gasteiger partial charge in [0.05, 0.1) is 11.9 Å². The fourth-order valence-electron chi connectivity index (χ4n) is 3.58. The summed E-state index contributed by atoms with van der Waals surface area (Å²) in [6.45, 7) is 5.31. The second-order valence-corrected chi connectivity index (χ2v) is 10.5. The molecule has 190 valence electrons. The van der Waals surface area contributed by atoms with Gasteiger partial charge in [-0.3, -0.25) is 13.9 Å². The molecule has 0 spiro atoms. The molecule has 1 N–H and O–H groups in total. The van der Waals surface area contributed by atoms with E-state index >= 15 is 0 Å². The van der Waals surface area contributed by atoms with E-state index in [9.17, 15) is 22.4 Å². The first kappa shape index (κ1) is 26.3. The van der Waals surface area contributed by atoms with Gasteiger partial charge in [0.1, 0.15) is 31.6 Å². The molecule has 0 fully saturated rings. The van der Waals surface area contributed by atoms with Crippen LogP contribution in [-0.2, 0) is 26.2 Å². The molecular formula is C24H30FN3O6S. The maximum absolute atomic E-state index is 13.5. The number of nitrogens with zero attached hydrogens (tertiary/aromatic N) is 2. The summed E-state index contributed by atoms with van der Waals surface area (Å²) in [5.74, 6) is -0.555. The zero-order valence-corrected chi connectivity index (χ0v) is 21.0. The second-order valence-electron chi connectivity index (χ2n) is 8.58. The second kappa shape index (κ2) is 10.9. The molecule has 0 bridgehead atoms. The Morgan fingerprint density at radius 3 is 2.26 bits per heavy atom. The number of anilines is 1. The van der Waals surface area contributed by atoms with Gasteiger partial charge in [-0.05, 0) is 50.6 Å². The van der Waals surface area contributed by atoms with E-state index in [-0.39, 0.29) is 24.2 Å². The minimum atomic E-state index is -3.88. The third-order valence-electron chi connectivity index (χ3n) is 5.36. The number of carbonyl (C=O) groups is 2. The van der Waals surface area contributed by atoms with Crippen LogP contribution in [-0.4, -0.2) is 63.2 Å². The molecule has 0 radical (unpaired) electrons. The lowest BCUT2D eigenvalue weighted by atomic mass is 10.1. The van der Waals surface area contributed by atoms with Crippen molar-refractivity contribution in [2.45, 2.75) is 39.4 Å². The predicted octanol–water partition coefficient (Wildman–Crippen LogP) is 2.30. The predicted molar refractivity (Wildman–Crippen MR) is 129 cm³/mol. The molecule has 2 amide bonds. The van der Waals surface area contributed by atoms with Gasteiger partial charge >= 0.3 is 0 Å². The molecule has 0 aromatic heterocycles. The van der Waals surface area contributed by atoms with Crippen molar-refractivity contribution in [3.8, 4) is 11.5 Å². The highest BCUT2D eigenvalue weighted by Crippen LogP contribution is 2.34. The van der Waals surface area contributed by atoms with Crippen LogP contribution in [0, 0.1) is 5.82 Å². The first-order valence-corrected chi connectivity index (χ1v) is 13.0. The lowest BCUT2D eigenvalue weighted by molar-refractivity contribution is -0.139. The van der Waals surface area contributed by atoms with Crippen LogP contribution in [0.1, 0.15) is 26.3 Å². The van der Waals surface area contributed by atoms with Crippen molar-refractivity contribution >= 4 is 27.5 Å². The van der Waals surface area contributed by atoms with Gasteiger partial charge in [-0.25, -0.2) is 12.8 Å². The molecule has 0 saturated carbocycles. The fraction of sp³-hybridized carbons (Fsp3) is 0.417. The molecular weight excluding hydrogens is 477 g/mol. The highest BCUT2D eigenvalue weighted by atomic mass is 32.2. The largest absolute Gasteiger partial charge is 0.486 e. The minimum absolute atomic E-state index is 0.00939. The summed E-state index contributed by atoms with van der Waals surface area (Å²) >= 11 is 0. The van der Waals surface area contributed by atoms with Crippen molar-refractivity contribution in [2.75, 3.05) is 30.3 Å². The van der Waals surface area contributed by atoms with Gasteiger partial charge in [-0.1, -0.05) is 12.1 Å². The lowest BCUT2D eigenvalue weighted by Crippen LogP contribution is -2.52. The molecule has 1 atom stereocenters. The van der Waals surface area contributed by atoms with E-state index in [1.54, 1.807) is 26.8 Å². The Hall–Kier alpha value is -3.34. The highest BCUT2D eigenvalue weighted by Gasteiger charge is 2.31. The smallest absolute Gasteiger partial charge is 0.244 e. The Labute approximate surface area is 204 Å². The van der Waals surface area contributed by atoms with Crippen LogP contribution >= 0.6 is 0 Å². The van der Waals surface area contributed by atoms with Gasteiger partial charge in [0.15, 0.2) is 11.5 Å². The molecule has 9 nitrogen and oxygen atoms in total. The summed E-state index contributed by atoms with van der Waals surface area (Å²) in [5.41, 5.74) is 0.820. The summed E-state index contributed by atoms with van der Waals surface area (Å²) in [4.78, 5) is 27.5. The third kappa shape index (κ3) is 6.84. The Morgan fingerprint density at radius 1 is 1.03 bits per heavy atom. The van der Waals surface area contributed by atoms with Gasteiger partial charge in [0.2, 0.25) is 21.8 Å². The molecule has 3 rings (SSSR count). The van der Waals surface area contributed by atoms with E-state index in [2.05, 4.69) is 5.32 Å². The zero-order valence-electron chi connectivity index (χ0n) is 20.2. The third-order valence-corrected chi connectivity index (χ3v) is 6.50. The van der Waals surface area contributed by atoms with Crippen LogP contribution in [0.5, 0.6) is 11.5 Å². The van der Waals surface area contributed by atoms with Crippen LogP contribution in [0.25, 0.3) is 0 Å². The average Bonchev–Trinajstić information content (AvgIpc) is 2.80. The van der Waals surface area contributed by atoms with Crippen molar-refractivity contribution in [2.24, 2.45) is 0 Å². The number of sulfonamides is 1. The summed E-state index contributed by atoms with van der Waals surface area (Å²) < 4.78 is 50.7. The van der Waals surface area contributed by atoms with E-state index in [1.807, 2.05) is 0 Å². The number of fused-ring (bicyclic) bond motifs is 1. The van der Waals surface area contributed by atoms with Gasteiger partial charge in [-0.2, -0.15) is 0 Å². The number of rotatable bonds is 9. The van der Waals surface area contributed by atoms with Gasteiger partial charge in [0, 0.05) is 18.7 Å². The van der Waals surface area contributed by atoms with Crippen LogP contribution in [0.4, 0.5) is 10.1 Å². The normalized spacial score (nSPS) is 13.8. The molecule has 2 aromatic carbocycles. The standard InChI is InChI=1S/C24H30FN3O6S/c1-16(2)26-24(30)17(3)27(14-18-5-7-19(25)8-6-18)23(29)15-28(35(4,31)32)20-9-10-21-22(13-20)34-12-11-33-21/h5-10,13,16-17H,11-12,14-15H2,1-4H3,(H,26,30). The first-order valence-electron chi connectivity index (χ1n) is 11.2. The van der Waals surface area contributed by atoms with Crippen molar-refractivity contribution in [3.05, 3.63) is 53.8 Å². The van der Waals surface area contributed by atoms with E-state index < -0.39 is 34.3 Å². The van der Waals surface area contributed by atoms with Crippen LogP contribution < -0.4 is 19.1 Å². The quantitative estimate of drug-likeness (QED) is 0.559. The van der Waals surface area contributed by atoms with Gasteiger partial charge in [-0.15, -0.1) is 0 Å². The Bertz CT molecular complexity index is 1170. The average molecular weight is 508 g/mol. The molecule has 1 aliphatic heterocycles. The number of nitrogens with one attached hydrogen (secondary N) is 1. The highest BCUT2D eigenvalue weighted by molar-refractivity contribution is 7.92. The molecule has 0 aliphatic carbocycles. The Morgan fingerprint density at radius 2 is 1.66 bits per heavy atom. The van der Waals surface area contributed by atoms with Crippen molar-refractivity contribution in [3.63, 3.8) is 0 Å². The Kier molecular flexibility index (Phi) is 8.21. The number of ether oxygens (including phenoxy) is 2. The van der Waals surface area contributed by atoms with E-state index in [0.717, 1.165) is 10.6 Å². The van der Waals surface area contributed by atoms with Gasteiger partial charge < -0.3 is 19.7 Å². The number of hydrogen-bond acceptors (Lipinski definition) is 6. The van der Waals surface area contributed by atoms with Crippen molar-refractivity contribution < 1.29 is 31.9 Å². The topological polar surface area (TPSA) is 105 Å². The maximum atomic E-state index is 13.5. The first-order chi connectivity index (χ1) is 16.5. The maximum Gasteiger partial charge on any atom is 0.244 e. The Balaban J connectivity index is 1.91. The fourth-order valence-corrected chi connectivity index (χ4v) is 4.42. The monoisotopic (exact) mass is 507 g/mol. The SMILES string of the molecule is CC(C)NC(=O)C(C)N(Cc1ccc(F)cc1)C(=O)CN(c1ccc2c(c1)OCCO2)S(C)(=O)=O. The van der Waals surface area contributed by atoms with E-state index in [1.165, 1.54) is 41.3 Å². The number of carbonyl (C=O) groups excluding carboxylic acids is 2. The molecule has 0 saturated heterocycles. The number of hydrogen-bond donors (Lipinski definition) is 1. The zero-order chi connectivity index (χ0) is 25.8. The molecule has 2 aromatic rings. The molecule has 35 heavy (non-hydrogen) atoms. The summed E-state index contributed by atoms with van der Waals surface area (Å²) in [6.07, 6.45) is 0.996. The number of amides is 2. The van der Waals surface area contributed by atoms with Crippen LogP contribution in [0.3, 0.4) is 0 Å². The molecule has 11 heteroatoms. The summed E-state index contributed by atoms with van der Waals surface area (Å²) in [5, 5.41) is 2.77. The summed E-state index contributed by atoms with van der Waals surface area (Å²) in [6, 6.07) is 9.10. The van der Waals surface area contributed by atoms with Gasteiger partial charge in [0.25, 0.3) is 0 Å². The lowest BCUT2D eigenvalue weighted by Gasteiger charge is -2.32. The van der Waals surface area contributed by atoms with E-state index in [0.29, 0.717) is 30.3 Å². The van der Waals surface area contributed by atoms with Crippen molar-refractivity contribution in [1.29, 1.82) is 0 Å². The molecule has 1 aliphatic rings.